The van der Waals surface area contributed by atoms with Crippen LogP contribution in [0.5, 0.6) is 0 Å². The predicted octanol–water partition coefficient (Wildman–Crippen LogP) is 4.38. The Morgan fingerprint density at radius 2 is 1.83 bits per heavy atom. The third-order valence-electron chi connectivity index (χ3n) is 4.62. The van der Waals surface area contributed by atoms with Crippen LogP contribution in [0, 0.1) is 5.82 Å². The van der Waals surface area contributed by atoms with Gasteiger partial charge in [-0.1, -0.05) is 36.4 Å². The Labute approximate surface area is 167 Å². The molecule has 2 heterocycles. The number of H-pyrrole nitrogens is 1. The minimum absolute atomic E-state index is 0.233. The summed E-state index contributed by atoms with van der Waals surface area (Å²) in [5.74, 6) is -0.355. The van der Waals surface area contributed by atoms with Crippen molar-refractivity contribution >= 4 is 5.71 Å². The molecule has 0 fully saturated rings. The molecule has 2 aromatic heterocycles. The van der Waals surface area contributed by atoms with Crippen molar-refractivity contribution in [3.63, 3.8) is 0 Å². The van der Waals surface area contributed by atoms with E-state index >= 15 is 0 Å². The van der Waals surface area contributed by atoms with E-state index in [-0.39, 0.29) is 11.4 Å². The molecule has 4 rings (SSSR count). The number of hydrogen-bond acceptors (Lipinski definition) is 3. The first-order valence-corrected chi connectivity index (χ1v) is 9.20. The van der Waals surface area contributed by atoms with E-state index < -0.39 is 0 Å². The molecule has 0 bridgehead atoms. The van der Waals surface area contributed by atoms with Crippen LogP contribution >= 0.6 is 0 Å². The summed E-state index contributed by atoms with van der Waals surface area (Å²) in [6, 6.07) is 19.2. The Kier molecular flexibility index (Phi) is 5.16. The number of rotatable bonds is 5. The Balaban J connectivity index is 1.82. The molecule has 4 aromatic rings. The summed E-state index contributed by atoms with van der Waals surface area (Å²) in [4.78, 5) is 22.0. The summed E-state index contributed by atoms with van der Waals surface area (Å²) in [7, 11) is 0. The minimum Gasteiger partial charge on any atom is -0.290 e. The summed E-state index contributed by atoms with van der Waals surface area (Å²) >= 11 is 0. The molecule has 0 saturated heterocycles. The maximum atomic E-state index is 13.3. The largest absolute Gasteiger partial charge is 0.290 e. The van der Waals surface area contributed by atoms with Crippen molar-refractivity contribution in [3.05, 3.63) is 106 Å². The smallest absolute Gasteiger partial charge is 0.280 e. The summed E-state index contributed by atoms with van der Waals surface area (Å²) < 4.78 is 14.7. The lowest BCUT2D eigenvalue weighted by atomic mass is 10.1. The molecule has 29 heavy (non-hydrogen) atoms. The molecule has 1 N–H and O–H groups in total. The van der Waals surface area contributed by atoms with Crippen molar-refractivity contribution < 1.29 is 4.39 Å². The normalized spacial score (nSPS) is 11.6. The number of aromatic nitrogens is 3. The van der Waals surface area contributed by atoms with Crippen molar-refractivity contribution in [1.29, 1.82) is 0 Å². The molecule has 5 nitrogen and oxygen atoms in total. The second-order valence-corrected chi connectivity index (χ2v) is 6.61. The molecule has 0 atom stereocenters. The van der Waals surface area contributed by atoms with Crippen molar-refractivity contribution in [2.24, 2.45) is 4.99 Å². The van der Waals surface area contributed by atoms with Gasteiger partial charge in [-0.3, -0.25) is 19.9 Å². The van der Waals surface area contributed by atoms with Gasteiger partial charge in [0.05, 0.1) is 23.5 Å². The van der Waals surface area contributed by atoms with Gasteiger partial charge in [0.25, 0.3) is 5.56 Å². The Morgan fingerprint density at radius 3 is 2.52 bits per heavy atom. The topological polar surface area (TPSA) is 63.0 Å². The van der Waals surface area contributed by atoms with Gasteiger partial charge in [-0.2, -0.15) is 0 Å². The van der Waals surface area contributed by atoms with Crippen LogP contribution in [0.25, 0.3) is 16.9 Å². The lowest BCUT2D eigenvalue weighted by molar-refractivity contribution is 0.627. The fourth-order valence-corrected chi connectivity index (χ4v) is 3.14. The highest BCUT2D eigenvalue weighted by Gasteiger charge is 2.19. The summed E-state index contributed by atoms with van der Waals surface area (Å²) in [5, 5.41) is 3.17. The second kappa shape index (κ2) is 8.06. The summed E-state index contributed by atoms with van der Waals surface area (Å²) in [5.41, 5.74) is 3.94. The van der Waals surface area contributed by atoms with E-state index in [0.717, 1.165) is 11.1 Å². The fraction of sp³-hybridized carbons (Fsp3) is 0.0870. The average molecular weight is 386 g/mol. The van der Waals surface area contributed by atoms with E-state index in [4.69, 9.17) is 0 Å². The van der Waals surface area contributed by atoms with Gasteiger partial charge < -0.3 is 0 Å². The number of nitrogens with one attached hydrogen (secondary N) is 1. The van der Waals surface area contributed by atoms with Gasteiger partial charge >= 0.3 is 0 Å². The molecule has 0 aliphatic rings. The first kappa shape index (κ1) is 18.6. The second-order valence-electron chi connectivity index (χ2n) is 6.61. The minimum atomic E-state index is -0.355. The lowest BCUT2D eigenvalue weighted by Crippen LogP contribution is -2.19. The van der Waals surface area contributed by atoms with Gasteiger partial charge in [0.15, 0.2) is 0 Å². The molecule has 0 spiro atoms. The molecule has 0 amide bonds. The van der Waals surface area contributed by atoms with Crippen molar-refractivity contribution in [1.82, 2.24) is 14.8 Å². The molecule has 6 heteroatoms. The monoisotopic (exact) mass is 386 g/mol. The first-order valence-electron chi connectivity index (χ1n) is 9.20. The number of aliphatic imine (C=N–C) groups is 1. The Morgan fingerprint density at radius 1 is 1.07 bits per heavy atom. The number of halogens is 1. The highest BCUT2D eigenvalue weighted by Crippen LogP contribution is 2.21. The molecule has 0 radical (unpaired) electrons. The number of pyridine rings is 1. The zero-order chi connectivity index (χ0) is 20.2. The summed E-state index contributed by atoms with van der Waals surface area (Å²) in [6.45, 7) is 2.25. The SMILES string of the molecule is CC(=NCc1cccnc1)c1c(-c2ccccc2)[nH]n(-c2ccc(F)cc2)c1=O. The van der Waals surface area contributed by atoms with Gasteiger partial charge in [0.1, 0.15) is 5.82 Å². The maximum absolute atomic E-state index is 13.3. The van der Waals surface area contributed by atoms with Crippen LogP contribution < -0.4 is 5.56 Å². The average Bonchev–Trinajstić information content (AvgIpc) is 3.11. The van der Waals surface area contributed by atoms with E-state index in [1.54, 1.807) is 24.5 Å². The Hall–Kier alpha value is -3.80. The maximum Gasteiger partial charge on any atom is 0.280 e. The van der Waals surface area contributed by atoms with Crippen LogP contribution in [0.2, 0.25) is 0 Å². The zero-order valence-corrected chi connectivity index (χ0v) is 15.8. The van der Waals surface area contributed by atoms with Gasteiger partial charge in [-0.05, 0) is 42.8 Å². The van der Waals surface area contributed by atoms with Crippen LogP contribution in [-0.4, -0.2) is 20.5 Å². The van der Waals surface area contributed by atoms with Crippen LogP contribution in [0.15, 0.2) is 88.9 Å². The quantitative estimate of drug-likeness (QED) is 0.518. The highest BCUT2D eigenvalue weighted by atomic mass is 19.1. The molecule has 0 unspecified atom stereocenters. The van der Waals surface area contributed by atoms with Crippen LogP contribution in [-0.2, 0) is 6.54 Å². The van der Waals surface area contributed by atoms with Gasteiger partial charge in [0.2, 0.25) is 0 Å². The molecule has 2 aromatic carbocycles. The number of nitrogens with zero attached hydrogens (tertiary/aromatic N) is 3. The summed E-state index contributed by atoms with van der Waals surface area (Å²) in [6.07, 6.45) is 3.46. The number of benzene rings is 2. The van der Waals surface area contributed by atoms with Crippen LogP contribution in [0.3, 0.4) is 0 Å². The third kappa shape index (κ3) is 3.91. The molecule has 0 saturated carbocycles. The molecule has 144 valence electrons. The predicted molar refractivity (Wildman–Crippen MR) is 112 cm³/mol. The van der Waals surface area contributed by atoms with Crippen LogP contribution in [0.4, 0.5) is 4.39 Å². The van der Waals surface area contributed by atoms with Crippen molar-refractivity contribution in [2.75, 3.05) is 0 Å². The van der Waals surface area contributed by atoms with Gasteiger partial charge in [0, 0.05) is 23.7 Å². The molecule has 0 aliphatic heterocycles. The molecular formula is C23H19FN4O. The van der Waals surface area contributed by atoms with Gasteiger partial charge in [-0.15, -0.1) is 0 Å². The third-order valence-corrected chi connectivity index (χ3v) is 4.62. The molecular weight excluding hydrogens is 367 g/mol. The lowest BCUT2D eigenvalue weighted by Gasteiger charge is -2.03. The van der Waals surface area contributed by atoms with Gasteiger partial charge in [-0.25, -0.2) is 9.07 Å². The molecule has 0 aliphatic carbocycles. The van der Waals surface area contributed by atoms with Crippen molar-refractivity contribution in [2.45, 2.75) is 13.5 Å². The van der Waals surface area contributed by atoms with E-state index in [0.29, 0.717) is 29.2 Å². The zero-order valence-electron chi connectivity index (χ0n) is 15.8. The van der Waals surface area contributed by atoms with E-state index in [1.807, 2.05) is 49.4 Å². The Bertz CT molecular complexity index is 1190. The van der Waals surface area contributed by atoms with E-state index in [1.165, 1.54) is 16.8 Å². The highest BCUT2D eigenvalue weighted by molar-refractivity contribution is 6.03. The van der Waals surface area contributed by atoms with E-state index in [9.17, 15) is 9.18 Å². The first-order chi connectivity index (χ1) is 14.1. The van der Waals surface area contributed by atoms with Crippen molar-refractivity contribution in [3.8, 4) is 16.9 Å². The van der Waals surface area contributed by atoms with Crippen LogP contribution in [0.1, 0.15) is 18.1 Å². The fourth-order valence-electron chi connectivity index (χ4n) is 3.14. The van der Waals surface area contributed by atoms with E-state index in [2.05, 4.69) is 15.1 Å². The number of hydrogen-bond donors (Lipinski definition) is 1. The standard InChI is InChI=1S/C23H19FN4O/c1-16(26-15-17-6-5-13-25-14-17)21-22(18-7-3-2-4-8-18)27-28(23(21)29)20-11-9-19(24)10-12-20/h2-14,27H,15H2,1H3. The number of aromatic amines is 1.